The van der Waals surface area contributed by atoms with Gasteiger partial charge in [0, 0.05) is 17.6 Å². The van der Waals surface area contributed by atoms with Crippen molar-refractivity contribution in [1.82, 2.24) is 0 Å². The molecular weight excluding hydrogens is 260 g/mol. The van der Waals surface area contributed by atoms with Crippen molar-refractivity contribution in [2.45, 2.75) is 11.3 Å². The highest BCUT2D eigenvalue weighted by Crippen LogP contribution is 2.30. The van der Waals surface area contributed by atoms with Crippen LogP contribution in [0.4, 0.5) is 0 Å². The van der Waals surface area contributed by atoms with Crippen LogP contribution in [0, 0.1) is 11.2 Å². The third-order valence-corrected chi connectivity index (χ3v) is 3.12. The van der Waals surface area contributed by atoms with Crippen LogP contribution in [-0.4, -0.2) is 27.6 Å². The molecule has 0 bridgehead atoms. The van der Waals surface area contributed by atoms with Crippen molar-refractivity contribution >= 4 is 11.8 Å². The first-order valence-corrected chi connectivity index (χ1v) is 6.63. The molecule has 0 aromatic heterocycles. The van der Waals surface area contributed by atoms with Gasteiger partial charge in [-0.2, -0.15) is 0 Å². The lowest BCUT2D eigenvalue weighted by Crippen LogP contribution is -1.95. The largest absolute Gasteiger partial charge is 0.496 e. The van der Waals surface area contributed by atoms with Gasteiger partial charge in [0.1, 0.15) is 19.1 Å². The molecule has 1 rings (SSSR count). The van der Waals surface area contributed by atoms with E-state index in [1.165, 1.54) is 11.8 Å². The molecule has 1 aromatic rings. The van der Waals surface area contributed by atoms with Gasteiger partial charge in [-0.25, -0.2) is 0 Å². The van der Waals surface area contributed by atoms with Gasteiger partial charge in [-0.05, 0) is 35.6 Å². The van der Waals surface area contributed by atoms with Crippen molar-refractivity contribution in [1.29, 1.82) is 0 Å². The predicted octanol–water partition coefficient (Wildman–Crippen LogP) is 3.10. The smallest absolute Gasteiger partial charge is 0.147 e. The first kappa shape index (κ1) is 15.6. The monoisotopic (exact) mass is 278 g/mol. The van der Waals surface area contributed by atoms with Crippen LogP contribution in [0.5, 0.6) is 5.75 Å². The molecule has 0 amide bonds. The summed E-state index contributed by atoms with van der Waals surface area (Å²) in [4.78, 5) is 1.08. The molecule has 1 aromatic carbocycles. The van der Waals surface area contributed by atoms with Gasteiger partial charge in [0.2, 0.25) is 0 Å². The molecule has 19 heavy (non-hydrogen) atoms. The van der Waals surface area contributed by atoms with Crippen molar-refractivity contribution in [3.63, 3.8) is 0 Å². The van der Waals surface area contributed by atoms with Crippen molar-refractivity contribution in [2.24, 2.45) is 0 Å². The average Bonchev–Trinajstić information content (AvgIpc) is 2.44. The summed E-state index contributed by atoms with van der Waals surface area (Å²) < 4.78 is 15.2. The molecule has 0 N–H and O–H groups in total. The third-order valence-electron chi connectivity index (χ3n) is 2.27. The standard InChI is InChI=1S/C15H18O3S/c1-4-7-13-14(17-3)8-5-9-15(13)19-11-6-10-18-12-16-2/h4-5,8-9H,1,7,10,12H2,2-3H3. The molecule has 0 aliphatic heterocycles. The van der Waals surface area contributed by atoms with Gasteiger partial charge in [-0.1, -0.05) is 18.1 Å². The fourth-order valence-electron chi connectivity index (χ4n) is 1.47. The van der Waals surface area contributed by atoms with E-state index in [9.17, 15) is 0 Å². The summed E-state index contributed by atoms with van der Waals surface area (Å²) in [6.45, 7) is 4.39. The van der Waals surface area contributed by atoms with Gasteiger partial charge in [0.25, 0.3) is 0 Å². The van der Waals surface area contributed by atoms with Crippen LogP contribution >= 0.6 is 11.8 Å². The molecule has 0 spiro atoms. The van der Waals surface area contributed by atoms with Crippen molar-refractivity contribution in [3.8, 4) is 16.9 Å². The van der Waals surface area contributed by atoms with Crippen molar-refractivity contribution < 1.29 is 14.2 Å². The van der Waals surface area contributed by atoms with E-state index in [1.807, 2.05) is 24.3 Å². The van der Waals surface area contributed by atoms with Gasteiger partial charge in [-0.15, -0.1) is 6.58 Å². The van der Waals surface area contributed by atoms with Gasteiger partial charge in [0.15, 0.2) is 0 Å². The molecule has 0 aliphatic carbocycles. The first-order valence-electron chi connectivity index (χ1n) is 5.81. The van der Waals surface area contributed by atoms with Crippen LogP contribution in [0.15, 0.2) is 35.7 Å². The Morgan fingerprint density at radius 3 is 2.89 bits per heavy atom. The van der Waals surface area contributed by atoms with Crippen LogP contribution in [-0.2, 0) is 15.9 Å². The summed E-state index contributed by atoms with van der Waals surface area (Å²) in [5, 5.41) is 3.01. The third kappa shape index (κ3) is 5.39. The predicted molar refractivity (Wildman–Crippen MR) is 78.4 cm³/mol. The highest BCUT2D eigenvalue weighted by molar-refractivity contribution is 8.04. The summed E-state index contributed by atoms with van der Waals surface area (Å²) in [5.41, 5.74) is 1.11. The molecule has 102 valence electrons. The van der Waals surface area contributed by atoms with Crippen molar-refractivity contribution in [2.75, 3.05) is 27.6 Å². The molecule has 0 unspecified atom stereocenters. The quantitative estimate of drug-likeness (QED) is 0.252. The number of hydrogen-bond donors (Lipinski definition) is 0. The minimum absolute atomic E-state index is 0.264. The van der Waals surface area contributed by atoms with Gasteiger partial charge in [0.05, 0.1) is 7.11 Å². The van der Waals surface area contributed by atoms with Gasteiger partial charge >= 0.3 is 0 Å². The number of hydrogen-bond acceptors (Lipinski definition) is 4. The van der Waals surface area contributed by atoms with Crippen LogP contribution in [0.3, 0.4) is 0 Å². The van der Waals surface area contributed by atoms with Crippen LogP contribution in [0.1, 0.15) is 5.56 Å². The van der Waals surface area contributed by atoms with E-state index in [4.69, 9.17) is 14.2 Å². The fourth-order valence-corrected chi connectivity index (χ4v) is 2.17. The first-order chi connectivity index (χ1) is 9.33. The number of rotatable bonds is 7. The molecular formula is C15H18O3S. The Kier molecular flexibility index (Phi) is 7.83. The minimum atomic E-state index is 0.264. The lowest BCUT2D eigenvalue weighted by atomic mass is 10.1. The zero-order chi connectivity index (χ0) is 13.9. The van der Waals surface area contributed by atoms with Gasteiger partial charge < -0.3 is 14.2 Å². The molecule has 0 radical (unpaired) electrons. The SMILES string of the molecule is C=CCc1c(OC)cccc1SC#CCOCOC. The Balaban J connectivity index is 2.68. The Bertz CT molecular complexity index is 460. The number of ether oxygens (including phenoxy) is 3. The van der Waals surface area contributed by atoms with Crippen LogP contribution in [0.2, 0.25) is 0 Å². The van der Waals surface area contributed by atoms with E-state index < -0.39 is 0 Å². The second kappa shape index (κ2) is 9.51. The van der Waals surface area contributed by atoms with E-state index in [-0.39, 0.29) is 6.79 Å². The highest BCUT2D eigenvalue weighted by Gasteiger charge is 2.06. The van der Waals surface area contributed by atoms with E-state index in [0.29, 0.717) is 6.61 Å². The van der Waals surface area contributed by atoms with Gasteiger partial charge in [-0.3, -0.25) is 0 Å². The topological polar surface area (TPSA) is 27.7 Å². The van der Waals surface area contributed by atoms with Crippen LogP contribution < -0.4 is 4.74 Å². The molecule has 0 heterocycles. The van der Waals surface area contributed by atoms with E-state index >= 15 is 0 Å². The minimum Gasteiger partial charge on any atom is -0.496 e. The lowest BCUT2D eigenvalue weighted by Gasteiger charge is -2.09. The molecule has 0 atom stereocenters. The number of thioether (sulfide) groups is 1. The molecule has 0 fully saturated rings. The normalized spacial score (nSPS) is 9.58. The van der Waals surface area contributed by atoms with E-state index in [2.05, 4.69) is 17.8 Å². The Labute approximate surface area is 118 Å². The Morgan fingerprint density at radius 1 is 1.37 bits per heavy atom. The van der Waals surface area contributed by atoms with E-state index in [0.717, 1.165) is 22.6 Å². The average molecular weight is 278 g/mol. The van der Waals surface area contributed by atoms with Crippen LogP contribution in [0.25, 0.3) is 0 Å². The lowest BCUT2D eigenvalue weighted by molar-refractivity contribution is -0.0165. The van der Waals surface area contributed by atoms with Crippen molar-refractivity contribution in [3.05, 3.63) is 36.4 Å². The second-order valence-electron chi connectivity index (χ2n) is 3.57. The molecule has 0 saturated heterocycles. The Morgan fingerprint density at radius 2 is 2.21 bits per heavy atom. The zero-order valence-electron chi connectivity index (χ0n) is 11.3. The Hall–Kier alpha value is -1.41. The molecule has 4 heteroatoms. The maximum absolute atomic E-state index is 5.35. The summed E-state index contributed by atoms with van der Waals surface area (Å²) in [6.07, 6.45) is 2.62. The fraction of sp³-hybridized carbons (Fsp3) is 0.333. The molecule has 3 nitrogen and oxygen atoms in total. The number of benzene rings is 1. The second-order valence-corrected chi connectivity index (χ2v) is 4.41. The number of methoxy groups -OCH3 is 2. The zero-order valence-corrected chi connectivity index (χ0v) is 12.1. The maximum Gasteiger partial charge on any atom is 0.147 e. The maximum atomic E-state index is 5.35. The summed E-state index contributed by atoms with van der Waals surface area (Å²) in [5.74, 6) is 3.78. The number of allylic oxidation sites excluding steroid dienone is 1. The molecule has 0 saturated carbocycles. The molecule has 0 aliphatic rings. The highest BCUT2D eigenvalue weighted by atomic mass is 32.2. The summed E-state index contributed by atoms with van der Waals surface area (Å²) in [7, 11) is 3.25. The van der Waals surface area contributed by atoms with E-state index in [1.54, 1.807) is 14.2 Å². The summed E-state index contributed by atoms with van der Waals surface area (Å²) >= 11 is 1.46. The summed E-state index contributed by atoms with van der Waals surface area (Å²) in [6, 6.07) is 5.92.